The molecule has 0 heterocycles. The quantitative estimate of drug-likeness (QED) is 0.526. The summed E-state index contributed by atoms with van der Waals surface area (Å²) in [7, 11) is 0. The number of unbranched alkanes of at least 4 members (excludes halogenated alkanes) is 2. The number of para-hydroxylation sites is 1. The van der Waals surface area contributed by atoms with Gasteiger partial charge in [0.25, 0.3) is 11.8 Å². The van der Waals surface area contributed by atoms with E-state index in [4.69, 9.17) is 10.5 Å². The molecule has 152 valence electrons. The van der Waals surface area contributed by atoms with Crippen molar-refractivity contribution in [2.45, 2.75) is 26.2 Å². The minimum Gasteiger partial charge on any atom is -0.494 e. The number of amides is 2. The molecule has 0 spiro atoms. The van der Waals surface area contributed by atoms with E-state index in [2.05, 4.69) is 17.6 Å². The molecule has 4 N–H and O–H groups in total. The molecule has 0 aliphatic heterocycles. The van der Waals surface area contributed by atoms with Gasteiger partial charge in [0, 0.05) is 18.7 Å². The van der Waals surface area contributed by atoms with E-state index in [0.717, 1.165) is 25.0 Å². The maximum atomic E-state index is 12.5. The molecule has 0 unspecified atom stereocenters. The standard InChI is InChI=1S/C21H27N3O3.ClH/c1-2-3-6-15-27-17-11-9-16(10-12-17)20(25)24-19-8-5-4-7-18(19)21(26)23-14-13-22;/h4-5,7-12H,2-3,6,13-15,22H2,1H3,(H,23,26)(H,24,25);1H. The van der Waals surface area contributed by atoms with Gasteiger partial charge < -0.3 is 21.1 Å². The first-order valence-corrected chi connectivity index (χ1v) is 9.27. The Morgan fingerprint density at radius 3 is 2.39 bits per heavy atom. The van der Waals surface area contributed by atoms with Crippen LogP contribution in [0.2, 0.25) is 0 Å². The van der Waals surface area contributed by atoms with Crippen molar-refractivity contribution in [3.05, 3.63) is 59.7 Å². The number of hydrogen-bond acceptors (Lipinski definition) is 4. The largest absolute Gasteiger partial charge is 0.494 e. The summed E-state index contributed by atoms with van der Waals surface area (Å²) in [5, 5.41) is 5.50. The maximum absolute atomic E-state index is 12.5. The number of hydrogen-bond donors (Lipinski definition) is 3. The Labute approximate surface area is 172 Å². The van der Waals surface area contributed by atoms with Crippen molar-refractivity contribution in [1.82, 2.24) is 5.32 Å². The van der Waals surface area contributed by atoms with Crippen LogP contribution in [0.3, 0.4) is 0 Å². The first-order chi connectivity index (χ1) is 13.2. The number of carbonyl (C=O) groups excluding carboxylic acids is 2. The highest BCUT2D eigenvalue weighted by Crippen LogP contribution is 2.18. The molecule has 7 heteroatoms. The topological polar surface area (TPSA) is 93.4 Å². The third-order valence-electron chi connectivity index (χ3n) is 3.98. The highest BCUT2D eigenvalue weighted by Gasteiger charge is 2.13. The summed E-state index contributed by atoms with van der Waals surface area (Å²) in [5.41, 5.74) is 6.76. The van der Waals surface area contributed by atoms with Gasteiger partial charge in [-0.15, -0.1) is 12.4 Å². The minimum absolute atomic E-state index is 0. The number of nitrogens with one attached hydrogen (secondary N) is 2. The van der Waals surface area contributed by atoms with Gasteiger partial charge in [-0.3, -0.25) is 9.59 Å². The van der Waals surface area contributed by atoms with Gasteiger partial charge in [0.15, 0.2) is 0 Å². The van der Waals surface area contributed by atoms with Crippen LogP contribution in [0, 0.1) is 0 Å². The highest BCUT2D eigenvalue weighted by molar-refractivity contribution is 6.09. The fourth-order valence-electron chi connectivity index (χ4n) is 2.51. The number of benzene rings is 2. The number of rotatable bonds is 10. The van der Waals surface area contributed by atoms with Gasteiger partial charge in [-0.1, -0.05) is 31.9 Å². The number of halogens is 1. The van der Waals surface area contributed by atoms with E-state index in [9.17, 15) is 9.59 Å². The van der Waals surface area contributed by atoms with Gasteiger partial charge in [0.2, 0.25) is 0 Å². The van der Waals surface area contributed by atoms with Gasteiger partial charge in [0.05, 0.1) is 17.9 Å². The fourth-order valence-corrected chi connectivity index (χ4v) is 2.51. The van der Waals surface area contributed by atoms with Crippen molar-refractivity contribution in [1.29, 1.82) is 0 Å². The molecule has 6 nitrogen and oxygen atoms in total. The van der Waals surface area contributed by atoms with E-state index in [1.54, 1.807) is 48.5 Å². The van der Waals surface area contributed by atoms with Crippen LogP contribution in [0.25, 0.3) is 0 Å². The van der Waals surface area contributed by atoms with Crippen LogP contribution in [-0.4, -0.2) is 31.5 Å². The number of nitrogens with two attached hydrogens (primary N) is 1. The zero-order valence-electron chi connectivity index (χ0n) is 16.1. The molecule has 0 bridgehead atoms. The molecule has 0 radical (unpaired) electrons. The molecule has 28 heavy (non-hydrogen) atoms. The first kappa shape index (κ1) is 23.5. The van der Waals surface area contributed by atoms with E-state index in [1.807, 2.05) is 0 Å². The second-order valence-electron chi connectivity index (χ2n) is 6.12. The van der Waals surface area contributed by atoms with E-state index in [1.165, 1.54) is 0 Å². The van der Waals surface area contributed by atoms with Crippen LogP contribution in [0.15, 0.2) is 48.5 Å². The Morgan fingerprint density at radius 1 is 1.00 bits per heavy atom. The van der Waals surface area contributed by atoms with Gasteiger partial charge in [-0.05, 0) is 42.8 Å². The maximum Gasteiger partial charge on any atom is 0.255 e. The summed E-state index contributed by atoms with van der Waals surface area (Å²) in [5.74, 6) is 0.183. The number of ether oxygens (including phenoxy) is 1. The zero-order valence-corrected chi connectivity index (χ0v) is 16.9. The predicted octanol–water partition coefficient (Wildman–Crippen LogP) is 3.62. The van der Waals surface area contributed by atoms with Crippen LogP contribution in [0.1, 0.15) is 46.9 Å². The zero-order chi connectivity index (χ0) is 19.5. The SMILES string of the molecule is CCCCCOc1ccc(C(=O)Nc2ccccc2C(=O)NCCN)cc1.Cl. The summed E-state index contributed by atoms with van der Waals surface area (Å²) in [6.07, 6.45) is 3.30. The molecule has 0 atom stereocenters. The summed E-state index contributed by atoms with van der Waals surface area (Å²) < 4.78 is 5.65. The van der Waals surface area contributed by atoms with Gasteiger partial charge >= 0.3 is 0 Å². The molecule has 0 aliphatic rings. The summed E-state index contributed by atoms with van der Waals surface area (Å²) in [6, 6.07) is 13.8. The third kappa shape index (κ3) is 7.21. The van der Waals surface area contributed by atoms with Crippen molar-refractivity contribution in [2.24, 2.45) is 5.73 Å². The molecule has 0 aliphatic carbocycles. The summed E-state index contributed by atoms with van der Waals surface area (Å²) in [4.78, 5) is 24.7. The normalized spacial score (nSPS) is 9.93. The van der Waals surface area contributed by atoms with Crippen LogP contribution >= 0.6 is 12.4 Å². The van der Waals surface area contributed by atoms with Gasteiger partial charge in [0.1, 0.15) is 5.75 Å². The molecule has 0 saturated heterocycles. The molecule has 2 aromatic rings. The lowest BCUT2D eigenvalue weighted by molar-refractivity contribution is 0.0955. The minimum atomic E-state index is -0.286. The van der Waals surface area contributed by atoms with Crippen molar-refractivity contribution >= 4 is 29.9 Å². The second-order valence-corrected chi connectivity index (χ2v) is 6.12. The van der Waals surface area contributed by atoms with Crippen molar-refractivity contribution in [3.8, 4) is 5.75 Å². The lowest BCUT2D eigenvalue weighted by Crippen LogP contribution is -2.30. The molecule has 0 saturated carbocycles. The lowest BCUT2D eigenvalue weighted by Gasteiger charge is -2.11. The summed E-state index contributed by atoms with van der Waals surface area (Å²) >= 11 is 0. The van der Waals surface area contributed by atoms with Gasteiger partial charge in [-0.25, -0.2) is 0 Å². The Kier molecular flexibility index (Phi) is 10.7. The molecule has 2 rings (SSSR count). The van der Waals surface area contributed by atoms with Crippen molar-refractivity contribution < 1.29 is 14.3 Å². The molecule has 2 amide bonds. The van der Waals surface area contributed by atoms with Crippen LogP contribution in [0.4, 0.5) is 5.69 Å². The smallest absolute Gasteiger partial charge is 0.255 e. The fraction of sp³-hybridized carbons (Fsp3) is 0.333. The lowest BCUT2D eigenvalue weighted by atomic mass is 10.1. The number of carbonyl (C=O) groups is 2. The van der Waals surface area contributed by atoms with Crippen LogP contribution in [-0.2, 0) is 0 Å². The van der Waals surface area contributed by atoms with Gasteiger partial charge in [-0.2, -0.15) is 0 Å². The second kappa shape index (κ2) is 12.8. The van der Waals surface area contributed by atoms with E-state index < -0.39 is 0 Å². The Morgan fingerprint density at radius 2 is 1.71 bits per heavy atom. The average Bonchev–Trinajstić information content (AvgIpc) is 2.70. The van der Waals surface area contributed by atoms with E-state index in [0.29, 0.717) is 36.5 Å². The van der Waals surface area contributed by atoms with Crippen molar-refractivity contribution in [2.75, 3.05) is 25.0 Å². The molecular weight excluding hydrogens is 378 g/mol. The van der Waals surface area contributed by atoms with Crippen molar-refractivity contribution in [3.63, 3.8) is 0 Å². The monoisotopic (exact) mass is 405 g/mol. The average molecular weight is 406 g/mol. The molecule has 0 fully saturated rings. The van der Waals surface area contributed by atoms with E-state index >= 15 is 0 Å². The van der Waals surface area contributed by atoms with Crippen LogP contribution in [0.5, 0.6) is 5.75 Å². The van der Waals surface area contributed by atoms with E-state index in [-0.39, 0.29) is 24.2 Å². The summed E-state index contributed by atoms with van der Waals surface area (Å²) in [6.45, 7) is 3.55. The molecule has 2 aromatic carbocycles. The Bertz CT molecular complexity index is 751. The Hall–Kier alpha value is -2.57. The first-order valence-electron chi connectivity index (χ1n) is 9.27. The predicted molar refractivity (Wildman–Crippen MR) is 114 cm³/mol. The Balaban J connectivity index is 0.00000392. The molecule has 0 aromatic heterocycles. The third-order valence-corrected chi connectivity index (χ3v) is 3.98. The number of anilines is 1. The highest BCUT2D eigenvalue weighted by atomic mass is 35.5. The van der Waals surface area contributed by atoms with Crippen LogP contribution < -0.4 is 21.1 Å². The molecular formula is C21H28ClN3O3.